The number of hydrogen-bond donors (Lipinski definition) is 1. The lowest BCUT2D eigenvalue weighted by atomic mass is 10.0. The summed E-state index contributed by atoms with van der Waals surface area (Å²) in [5.41, 5.74) is 5.95. The monoisotopic (exact) mass is 238 g/mol. The molecule has 1 aliphatic rings. The van der Waals surface area contributed by atoms with E-state index in [4.69, 9.17) is 5.73 Å². The summed E-state index contributed by atoms with van der Waals surface area (Å²) in [7, 11) is 0. The van der Waals surface area contributed by atoms with Gasteiger partial charge in [0, 0.05) is 29.4 Å². The molecule has 2 rings (SSSR count). The molecule has 0 aromatic carbocycles. The van der Waals surface area contributed by atoms with E-state index in [0.717, 1.165) is 18.4 Å². The quantitative estimate of drug-likeness (QED) is 0.877. The molecule has 3 heteroatoms. The van der Waals surface area contributed by atoms with Crippen LogP contribution < -0.4 is 5.73 Å². The molecule has 0 saturated carbocycles. The number of aryl methyl sites for hydroxylation is 1. The number of likely N-dealkylation sites (tertiary alicyclic amines) is 1. The van der Waals surface area contributed by atoms with Crippen LogP contribution in [-0.4, -0.2) is 24.5 Å². The van der Waals surface area contributed by atoms with Gasteiger partial charge in [-0.2, -0.15) is 0 Å². The minimum Gasteiger partial charge on any atom is -0.329 e. The molecule has 1 saturated heterocycles. The van der Waals surface area contributed by atoms with Crippen molar-refractivity contribution in [2.75, 3.05) is 19.6 Å². The molecule has 2 N–H and O–H groups in total. The van der Waals surface area contributed by atoms with Gasteiger partial charge in [0.2, 0.25) is 0 Å². The minimum atomic E-state index is 0.436. The normalized spacial score (nSPS) is 28.5. The fraction of sp³-hybridized carbons (Fsp3) is 0.692. The number of hydrogen-bond acceptors (Lipinski definition) is 3. The second-order valence-corrected chi connectivity index (χ2v) is 6.43. The Labute approximate surface area is 102 Å². The molecule has 1 aromatic heterocycles. The van der Waals surface area contributed by atoms with Crippen molar-refractivity contribution in [3.05, 3.63) is 21.9 Å². The van der Waals surface area contributed by atoms with Gasteiger partial charge in [-0.1, -0.05) is 13.8 Å². The summed E-state index contributed by atoms with van der Waals surface area (Å²) in [6.45, 7) is 9.98. The molecule has 2 heterocycles. The Morgan fingerprint density at radius 3 is 2.44 bits per heavy atom. The van der Waals surface area contributed by atoms with E-state index in [1.54, 1.807) is 0 Å². The van der Waals surface area contributed by atoms with Gasteiger partial charge in [0.05, 0.1) is 6.04 Å². The Balaban J connectivity index is 2.12. The van der Waals surface area contributed by atoms with Crippen molar-refractivity contribution < 1.29 is 0 Å². The molecular weight excluding hydrogens is 216 g/mol. The smallest absolute Gasteiger partial charge is 0.0564 e. The molecule has 0 radical (unpaired) electrons. The lowest BCUT2D eigenvalue weighted by Gasteiger charge is -2.25. The maximum Gasteiger partial charge on any atom is 0.0564 e. The summed E-state index contributed by atoms with van der Waals surface area (Å²) >= 11 is 1.89. The van der Waals surface area contributed by atoms with Gasteiger partial charge in [0.25, 0.3) is 0 Å². The Hall–Kier alpha value is -0.380. The second kappa shape index (κ2) is 4.86. The van der Waals surface area contributed by atoms with E-state index in [1.807, 2.05) is 11.3 Å². The van der Waals surface area contributed by atoms with Crippen molar-refractivity contribution in [2.24, 2.45) is 17.6 Å². The molecule has 1 fully saturated rings. The summed E-state index contributed by atoms with van der Waals surface area (Å²) in [6, 6.07) is 4.88. The van der Waals surface area contributed by atoms with Crippen molar-refractivity contribution in [1.82, 2.24) is 4.90 Å². The fourth-order valence-corrected chi connectivity index (χ4v) is 3.53. The molecule has 0 bridgehead atoms. The Morgan fingerprint density at radius 1 is 1.38 bits per heavy atom. The van der Waals surface area contributed by atoms with Crippen molar-refractivity contribution in [2.45, 2.75) is 26.8 Å². The van der Waals surface area contributed by atoms with Gasteiger partial charge in [-0.25, -0.2) is 0 Å². The summed E-state index contributed by atoms with van der Waals surface area (Å²) in [5.74, 6) is 1.60. The van der Waals surface area contributed by atoms with Crippen molar-refractivity contribution in [1.29, 1.82) is 0 Å². The van der Waals surface area contributed by atoms with Gasteiger partial charge in [-0.3, -0.25) is 4.90 Å². The Kier molecular flexibility index (Phi) is 3.67. The van der Waals surface area contributed by atoms with Gasteiger partial charge < -0.3 is 5.73 Å². The van der Waals surface area contributed by atoms with Crippen LogP contribution in [0.4, 0.5) is 0 Å². The van der Waals surface area contributed by atoms with Crippen molar-refractivity contribution >= 4 is 11.3 Å². The van der Waals surface area contributed by atoms with Crippen LogP contribution >= 0.6 is 11.3 Å². The molecule has 2 nitrogen and oxygen atoms in total. The molecule has 90 valence electrons. The van der Waals surface area contributed by atoms with Crippen LogP contribution in [0.2, 0.25) is 0 Å². The van der Waals surface area contributed by atoms with E-state index >= 15 is 0 Å². The van der Waals surface area contributed by atoms with Gasteiger partial charge in [-0.15, -0.1) is 11.3 Å². The molecule has 0 spiro atoms. The van der Waals surface area contributed by atoms with Crippen LogP contribution in [0.25, 0.3) is 0 Å². The zero-order valence-corrected chi connectivity index (χ0v) is 11.3. The van der Waals surface area contributed by atoms with Crippen LogP contribution in [-0.2, 0) is 0 Å². The summed E-state index contributed by atoms with van der Waals surface area (Å²) in [6.07, 6.45) is 0. The molecule has 1 aromatic rings. The summed E-state index contributed by atoms with van der Waals surface area (Å²) < 4.78 is 0. The highest BCUT2D eigenvalue weighted by molar-refractivity contribution is 7.12. The maximum absolute atomic E-state index is 5.95. The molecule has 0 aliphatic carbocycles. The highest BCUT2D eigenvalue weighted by Crippen LogP contribution is 2.33. The number of rotatable bonds is 3. The standard InChI is InChI=1S/C13H22N2S/c1-9-7-15(8-10(9)2)12(6-14)13-5-4-11(3)16-13/h4-5,9-10,12H,6-8,14H2,1-3H3. The second-order valence-electron chi connectivity index (χ2n) is 5.11. The number of nitrogens with zero attached hydrogens (tertiary/aromatic N) is 1. The van der Waals surface area contributed by atoms with Crippen LogP contribution in [0.15, 0.2) is 12.1 Å². The lowest BCUT2D eigenvalue weighted by molar-refractivity contribution is 0.243. The fourth-order valence-electron chi connectivity index (χ4n) is 2.51. The van der Waals surface area contributed by atoms with Crippen LogP contribution in [0.1, 0.15) is 29.6 Å². The minimum absolute atomic E-state index is 0.436. The SMILES string of the molecule is Cc1ccc(C(CN)N2CC(C)C(C)C2)s1. The molecule has 0 amide bonds. The molecule has 1 aliphatic heterocycles. The van der Waals surface area contributed by atoms with E-state index in [-0.39, 0.29) is 0 Å². The predicted octanol–water partition coefficient (Wildman–Crippen LogP) is 2.64. The van der Waals surface area contributed by atoms with Crippen molar-refractivity contribution in [3.63, 3.8) is 0 Å². The Bertz CT molecular complexity index is 337. The molecular formula is C13H22N2S. The molecule has 16 heavy (non-hydrogen) atoms. The average molecular weight is 238 g/mol. The third-order valence-corrected chi connectivity index (χ3v) is 4.87. The van der Waals surface area contributed by atoms with E-state index in [2.05, 4.69) is 37.8 Å². The molecule has 3 atom stereocenters. The van der Waals surface area contributed by atoms with Crippen LogP contribution in [0.5, 0.6) is 0 Å². The lowest BCUT2D eigenvalue weighted by Crippen LogP contribution is -2.31. The van der Waals surface area contributed by atoms with E-state index in [1.165, 1.54) is 22.8 Å². The van der Waals surface area contributed by atoms with E-state index in [9.17, 15) is 0 Å². The highest BCUT2D eigenvalue weighted by Gasteiger charge is 2.31. The topological polar surface area (TPSA) is 29.3 Å². The first-order chi connectivity index (χ1) is 7.61. The third kappa shape index (κ3) is 2.31. The van der Waals surface area contributed by atoms with E-state index in [0.29, 0.717) is 6.04 Å². The molecule has 3 unspecified atom stereocenters. The van der Waals surface area contributed by atoms with Gasteiger partial charge >= 0.3 is 0 Å². The zero-order valence-electron chi connectivity index (χ0n) is 10.4. The Morgan fingerprint density at radius 2 is 2.00 bits per heavy atom. The van der Waals surface area contributed by atoms with Crippen molar-refractivity contribution in [3.8, 4) is 0 Å². The maximum atomic E-state index is 5.95. The zero-order chi connectivity index (χ0) is 11.7. The van der Waals surface area contributed by atoms with Gasteiger partial charge in [0.1, 0.15) is 0 Å². The van der Waals surface area contributed by atoms with Crippen LogP contribution in [0, 0.1) is 18.8 Å². The average Bonchev–Trinajstić information content (AvgIpc) is 2.77. The first-order valence-electron chi connectivity index (χ1n) is 6.12. The van der Waals surface area contributed by atoms with Crippen LogP contribution in [0.3, 0.4) is 0 Å². The highest BCUT2D eigenvalue weighted by atomic mass is 32.1. The van der Waals surface area contributed by atoms with Gasteiger partial charge in [0.15, 0.2) is 0 Å². The van der Waals surface area contributed by atoms with Gasteiger partial charge in [-0.05, 0) is 30.9 Å². The summed E-state index contributed by atoms with van der Waals surface area (Å²) in [4.78, 5) is 5.37. The largest absolute Gasteiger partial charge is 0.329 e. The third-order valence-electron chi connectivity index (χ3n) is 3.77. The van der Waals surface area contributed by atoms with E-state index < -0.39 is 0 Å². The first-order valence-corrected chi connectivity index (χ1v) is 6.94. The summed E-state index contributed by atoms with van der Waals surface area (Å²) in [5, 5.41) is 0. The number of thiophene rings is 1. The number of nitrogens with two attached hydrogens (primary N) is 1. The predicted molar refractivity (Wildman–Crippen MR) is 70.8 cm³/mol. The first kappa shape index (κ1) is 12.1.